The molecule has 0 amide bonds. The van der Waals surface area contributed by atoms with E-state index in [4.69, 9.17) is 142 Å². The molecule has 0 aromatic rings. The molecular weight excluding hydrogens is 1730 g/mol. The second-order valence-corrected chi connectivity index (χ2v) is 29.9. The molecule has 30 atom stereocenters. The lowest BCUT2D eigenvalue weighted by Crippen LogP contribution is -2.66. The average molecular weight is 1830 g/mol. The van der Waals surface area contributed by atoms with Crippen LogP contribution in [0.3, 0.4) is 0 Å². The Morgan fingerprint density at radius 1 is 0.183 bits per heavy atom. The number of carbonyl (C=O) groups is 19. The smallest absolute Gasteiger partial charge is 0.303 e. The minimum absolute atomic E-state index is 0.284. The second kappa shape index (κ2) is 48.7. The summed E-state index contributed by atoms with van der Waals surface area (Å²) in [6.45, 7) is 13.6. The Balaban J connectivity index is 1.46. The van der Waals surface area contributed by atoms with Crippen molar-refractivity contribution in [3.05, 3.63) is 0 Å². The molecule has 6 fully saturated rings. The van der Waals surface area contributed by atoms with E-state index in [0.29, 0.717) is 0 Å². The van der Waals surface area contributed by atoms with Crippen molar-refractivity contribution >= 4 is 125 Å². The van der Waals surface area contributed by atoms with Gasteiger partial charge in [-0.15, -0.1) is 11.8 Å². The molecule has 0 N–H and O–H groups in total. The molecule has 0 bridgehead atoms. The van der Waals surface area contributed by atoms with Gasteiger partial charge in [0.1, 0.15) is 48.7 Å². The molecule has 6 aliphatic rings. The molecule has 0 aliphatic carbocycles. The molecule has 0 saturated carbocycles. The lowest BCUT2D eigenvalue weighted by molar-refractivity contribution is -0.353. The molecule has 0 aromatic carbocycles. The van der Waals surface area contributed by atoms with E-state index in [1.165, 1.54) is 0 Å². The highest BCUT2D eigenvalue weighted by atomic mass is 32.2. The number of thioether (sulfide) groups is 1. The first-order valence-corrected chi connectivity index (χ1v) is 40.0. The number of hydrogen-bond acceptors (Lipinski definition) is 50. The van der Waals surface area contributed by atoms with Crippen LogP contribution in [0.5, 0.6) is 0 Å². The SMILES string of the molecule is CCS[C@@H]1OC(CO[C@@H]2OC(CO[C@@H]3O[C@H](CO[C@@H]4OC(CO[C@@H]5O[C@H](CO[C@@H]6O[C@H](COC(C)=O)[C@@H](OC(C)=O)[C@H](OC(C)=O)[C@H]6OC(C)=O)[C@@H](OC(C)=O)[C@H](OC(C)=O)[C@H]5OC(C)=O)[C@@H](OC(C)=O)[C@H](OC(C)=O)[C@H]4OC(C)=O)[C@@H](OC(C)=O)[C@H](OC(C)=O)[C@H]3OC(C)=O)[C@@H](OC(C)=O)[C@H](OC(C)=O)[C@H]2OC(C)=O)[C@@H](OC(C)=O)[C@H](OC(C)=O)[C@H]1OC(C)=O. The summed E-state index contributed by atoms with van der Waals surface area (Å²) in [4.78, 5) is 247. The molecular formula is C76H104O49S. The summed E-state index contributed by atoms with van der Waals surface area (Å²) in [5.74, 6) is -20.0. The van der Waals surface area contributed by atoms with Crippen LogP contribution in [-0.2, 0) is 233 Å². The maximum absolute atomic E-state index is 13.4. The van der Waals surface area contributed by atoms with Gasteiger partial charge in [0.25, 0.3) is 0 Å². The van der Waals surface area contributed by atoms with Crippen molar-refractivity contribution < 1.29 is 233 Å². The molecule has 49 nitrogen and oxygen atoms in total. The largest absolute Gasteiger partial charge is 0.463 e. The quantitative estimate of drug-likeness (QED) is 0.0505. The Labute approximate surface area is 723 Å². The molecule has 0 radical (unpaired) electrons. The van der Waals surface area contributed by atoms with Gasteiger partial charge >= 0.3 is 113 Å². The Morgan fingerprint density at radius 3 is 0.492 bits per heavy atom. The maximum Gasteiger partial charge on any atom is 0.303 e. The number of carbonyl (C=O) groups excluding carboxylic acids is 19. The topological polar surface area (TPSA) is 601 Å². The number of hydrogen-bond donors (Lipinski definition) is 0. The minimum Gasteiger partial charge on any atom is -0.463 e. The summed E-state index contributed by atoms with van der Waals surface area (Å²) in [5, 5.41) is 0. The molecule has 708 valence electrons. The van der Waals surface area contributed by atoms with Crippen LogP contribution in [0.1, 0.15) is 138 Å². The number of rotatable bonds is 37. The van der Waals surface area contributed by atoms with Crippen LogP contribution in [0.4, 0.5) is 0 Å². The summed E-state index contributed by atoms with van der Waals surface area (Å²) in [6, 6.07) is 0. The van der Waals surface area contributed by atoms with Crippen molar-refractivity contribution in [2.24, 2.45) is 0 Å². The van der Waals surface area contributed by atoms with Gasteiger partial charge in [-0.1, -0.05) is 6.92 Å². The van der Waals surface area contributed by atoms with Gasteiger partial charge in [0, 0.05) is 132 Å². The van der Waals surface area contributed by atoms with Gasteiger partial charge in [-0.05, 0) is 5.75 Å². The van der Waals surface area contributed by atoms with Crippen molar-refractivity contribution in [2.75, 3.05) is 45.4 Å². The third kappa shape index (κ3) is 31.4. The predicted octanol–water partition coefficient (Wildman–Crippen LogP) is -1.49. The molecule has 50 heteroatoms. The lowest BCUT2D eigenvalue weighted by Gasteiger charge is -2.48. The second-order valence-electron chi connectivity index (χ2n) is 28.5. The monoisotopic (exact) mass is 1830 g/mol. The van der Waals surface area contributed by atoms with Gasteiger partial charge in [-0.25, -0.2) is 0 Å². The van der Waals surface area contributed by atoms with E-state index in [0.717, 1.165) is 143 Å². The first kappa shape index (κ1) is 105. The van der Waals surface area contributed by atoms with Crippen LogP contribution < -0.4 is 0 Å². The minimum atomic E-state index is -2.22. The van der Waals surface area contributed by atoms with E-state index in [9.17, 15) is 91.1 Å². The molecule has 0 spiro atoms. The molecule has 6 saturated heterocycles. The maximum atomic E-state index is 13.4. The summed E-state index contributed by atoms with van der Waals surface area (Å²) >= 11 is 1.06. The average Bonchev–Trinajstić information content (AvgIpc) is 0.777. The molecule has 3 unspecified atom stereocenters. The Hall–Kier alpha value is -10.2. The van der Waals surface area contributed by atoms with E-state index < -0.39 is 336 Å². The molecule has 0 aromatic heterocycles. The van der Waals surface area contributed by atoms with Crippen molar-refractivity contribution in [3.8, 4) is 0 Å². The first-order chi connectivity index (χ1) is 59.0. The van der Waals surface area contributed by atoms with Crippen molar-refractivity contribution in [1.82, 2.24) is 0 Å². The van der Waals surface area contributed by atoms with Crippen LogP contribution in [0.25, 0.3) is 0 Å². The van der Waals surface area contributed by atoms with Crippen LogP contribution in [0.2, 0.25) is 0 Å². The van der Waals surface area contributed by atoms with Crippen molar-refractivity contribution in [1.29, 1.82) is 0 Å². The third-order valence-electron chi connectivity index (χ3n) is 17.9. The van der Waals surface area contributed by atoms with Crippen molar-refractivity contribution in [2.45, 2.75) is 322 Å². The Bertz CT molecular complexity index is 3840. The summed E-state index contributed by atoms with van der Waals surface area (Å²) < 4.78 is 177. The zero-order chi connectivity index (χ0) is 94.2. The number of esters is 19. The van der Waals surface area contributed by atoms with Gasteiger partial charge < -0.3 is 142 Å². The fourth-order valence-corrected chi connectivity index (χ4v) is 15.0. The zero-order valence-corrected chi connectivity index (χ0v) is 73.0. The Morgan fingerprint density at radius 2 is 0.325 bits per heavy atom. The van der Waals surface area contributed by atoms with Gasteiger partial charge in [0.2, 0.25) is 0 Å². The van der Waals surface area contributed by atoms with E-state index in [1.807, 2.05) is 0 Å². The fourth-order valence-electron chi connectivity index (χ4n) is 14.1. The van der Waals surface area contributed by atoms with E-state index in [1.54, 1.807) is 6.92 Å². The van der Waals surface area contributed by atoms with Crippen LogP contribution in [-0.4, -0.2) is 342 Å². The van der Waals surface area contributed by atoms with E-state index >= 15 is 0 Å². The summed E-state index contributed by atoms with van der Waals surface area (Å²) in [5.41, 5.74) is -1.18. The lowest BCUT2D eigenvalue weighted by atomic mass is 9.96. The van der Waals surface area contributed by atoms with Crippen LogP contribution >= 0.6 is 11.8 Å². The predicted molar refractivity (Wildman–Crippen MR) is 396 cm³/mol. The fraction of sp³-hybridized carbons (Fsp3) is 0.750. The highest BCUT2D eigenvalue weighted by Crippen LogP contribution is 2.41. The normalized spacial score (nSPS) is 32.8. The van der Waals surface area contributed by atoms with Gasteiger partial charge in [-0.3, -0.25) is 91.1 Å². The third-order valence-corrected chi connectivity index (χ3v) is 18.9. The standard InChI is InChI=1S/C76H104O49S/c1-21-126-76-70(119-46(20)95)64(113-40(14)89)58(107-34(8)83)52(125-76)27-101-75-69(118-45(19)94)63(112-39(13)88)57(106-33(7)82)51(124-75)26-100-74-68(117-44(18)93)62(111-38(12)87)56(105-32(6)81)50(123-74)25-99-73-67(116-43(17)92)61(110-37(11)86)55(104-31(5)80)49(122-73)24-98-72-66(115-42(16)91)60(109-36(10)85)54(103-30(4)79)48(121-72)23-97-71-65(114-41(15)90)59(108-35(9)84)53(102-29(3)78)47(120-71)22-96-28(2)77/h47-76H,21-27H2,1-20H3/t47-,48-,49?,50-,51?,52?,53-,54-,55-,56-,57-,58-,59+,60+,61+,62+,63+,64+,65-,66-,67-,68-,69-,70-,71-,72-,73-,74-,75-,76+/m1/s1. The molecule has 6 aliphatic heterocycles. The molecule has 126 heavy (non-hydrogen) atoms. The highest BCUT2D eigenvalue weighted by molar-refractivity contribution is 7.99. The van der Waals surface area contributed by atoms with Crippen LogP contribution in [0, 0.1) is 0 Å². The van der Waals surface area contributed by atoms with Crippen LogP contribution in [0.15, 0.2) is 0 Å². The van der Waals surface area contributed by atoms with E-state index in [-0.39, 0.29) is 5.75 Å². The zero-order valence-electron chi connectivity index (χ0n) is 72.2. The summed E-state index contributed by atoms with van der Waals surface area (Å²) in [6.07, 6.45) is -55.5. The highest BCUT2D eigenvalue weighted by Gasteiger charge is 2.62. The number of ether oxygens (including phenoxy) is 30. The van der Waals surface area contributed by atoms with Gasteiger partial charge in [0.05, 0.1) is 33.0 Å². The van der Waals surface area contributed by atoms with E-state index in [2.05, 4.69) is 0 Å². The van der Waals surface area contributed by atoms with Gasteiger partial charge in [0.15, 0.2) is 141 Å². The van der Waals surface area contributed by atoms with Gasteiger partial charge in [-0.2, -0.15) is 0 Å². The van der Waals surface area contributed by atoms with Crippen molar-refractivity contribution in [3.63, 3.8) is 0 Å². The first-order valence-electron chi connectivity index (χ1n) is 38.9. The Kier molecular flexibility index (Phi) is 40.4. The summed E-state index contributed by atoms with van der Waals surface area (Å²) in [7, 11) is 0. The molecule has 6 rings (SSSR count). The molecule has 6 heterocycles.